The van der Waals surface area contributed by atoms with Crippen molar-refractivity contribution in [3.05, 3.63) is 36.3 Å². The topological polar surface area (TPSA) is 44.8 Å². The van der Waals surface area contributed by atoms with Crippen LogP contribution in [0, 0.1) is 0 Å². The van der Waals surface area contributed by atoms with E-state index < -0.39 is 11.8 Å². The van der Waals surface area contributed by atoms with Gasteiger partial charge in [-0.05, 0) is 12.5 Å². The Bertz CT molecular complexity index is 340. The fourth-order valence-corrected chi connectivity index (χ4v) is 1.18. The van der Waals surface area contributed by atoms with Gasteiger partial charge < -0.3 is 14.2 Å². The minimum Gasteiger partial charge on any atom is -0.466 e. The molecule has 0 bridgehead atoms. The molecule has 0 fully saturated rings. The predicted molar refractivity (Wildman–Crippen MR) is 54.6 cm³/mol. The highest BCUT2D eigenvalue weighted by molar-refractivity contribution is 5.81. The van der Waals surface area contributed by atoms with E-state index in [0.717, 1.165) is 5.57 Å². The summed E-state index contributed by atoms with van der Waals surface area (Å²) in [5.41, 5.74) is 0.920. The number of carbonyl (C=O) groups excluding carboxylic acids is 1. The molecule has 82 valence electrons. The molecule has 0 aromatic rings. The summed E-state index contributed by atoms with van der Waals surface area (Å²) in [6.07, 6.45) is 4.21. The quantitative estimate of drug-likeness (QED) is 0.405. The van der Waals surface area contributed by atoms with Crippen molar-refractivity contribution in [3.8, 4) is 0 Å². The number of allylic oxidation sites excluding steroid dienone is 1. The Morgan fingerprint density at radius 1 is 1.67 bits per heavy atom. The monoisotopic (exact) mass is 210 g/mol. The first-order valence-electron chi connectivity index (χ1n) is 4.47. The van der Waals surface area contributed by atoms with Crippen LogP contribution in [-0.2, 0) is 19.0 Å². The van der Waals surface area contributed by atoms with E-state index in [9.17, 15) is 4.79 Å². The van der Waals surface area contributed by atoms with Gasteiger partial charge in [0.1, 0.15) is 5.76 Å². The zero-order valence-corrected chi connectivity index (χ0v) is 9.07. The maximum absolute atomic E-state index is 10.8. The number of rotatable bonds is 3. The molecule has 1 aliphatic heterocycles. The van der Waals surface area contributed by atoms with Crippen LogP contribution in [0.2, 0.25) is 0 Å². The summed E-state index contributed by atoms with van der Waals surface area (Å²) in [5.74, 6) is -0.786. The van der Waals surface area contributed by atoms with Crippen molar-refractivity contribution in [1.82, 2.24) is 0 Å². The highest BCUT2D eigenvalue weighted by Crippen LogP contribution is 2.31. The number of esters is 1. The normalized spacial score (nSPS) is 25.0. The molecule has 0 saturated heterocycles. The van der Waals surface area contributed by atoms with Crippen LogP contribution in [0.3, 0.4) is 0 Å². The van der Waals surface area contributed by atoms with Crippen LogP contribution in [0.15, 0.2) is 36.3 Å². The second-order valence-corrected chi connectivity index (χ2v) is 3.31. The van der Waals surface area contributed by atoms with Gasteiger partial charge >= 0.3 is 5.97 Å². The first-order valence-corrected chi connectivity index (χ1v) is 4.47. The summed E-state index contributed by atoms with van der Waals surface area (Å²) in [6, 6.07) is 0. The number of hydrogen-bond acceptors (Lipinski definition) is 4. The standard InChI is InChI=1S/C11H14O4/c1-8-7-11(3,15-9(8)2)14-6-5-10(12)13-4/h5-7H,2H2,1,3-4H3/b6-5+/t11-/m1/s1. The van der Waals surface area contributed by atoms with Crippen LogP contribution in [0.5, 0.6) is 0 Å². The molecule has 1 atom stereocenters. The molecular formula is C11H14O4. The molecule has 1 heterocycles. The molecule has 0 aromatic heterocycles. The van der Waals surface area contributed by atoms with Crippen molar-refractivity contribution >= 4 is 5.97 Å². The Balaban J connectivity index is 2.57. The smallest absolute Gasteiger partial charge is 0.333 e. The maximum Gasteiger partial charge on any atom is 0.333 e. The van der Waals surface area contributed by atoms with E-state index in [-0.39, 0.29) is 0 Å². The number of carbonyl (C=O) groups is 1. The lowest BCUT2D eigenvalue weighted by Crippen LogP contribution is -2.23. The van der Waals surface area contributed by atoms with Gasteiger partial charge in [-0.1, -0.05) is 6.58 Å². The van der Waals surface area contributed by atoms with Crippen molar-refractivity contribution in [2.24, 2.45) is 0 Å². The van der Waals surface area contributed by atoms with Gasteiger partial charge in [-0.2, -0.15) is 0 Å². The van der Waals surface area contributed by atoms with E-state index in [1.165, 1.54) is 19.4 Å². The molecule has 4 heteroatoms. The lowest BCUT2D eigenvalue weighted by atomic mass is 10.2. The fourth-order valence-electron chi connectivity index (χ4n) is 1.18. The summed E-state index contributed by atoms with van der Waals surface area (Å²) in [6.45, 7) is 7.31. The number of methoxy groups -OCH3 is 1. The van der Waals surface area contributed by atoms with Crippen molar-refractivity contribution < 1.29 is 19.0 Å². The SMILES string of the molecule is C=C1O[C@@](C)(O/C=C/C(=O)OC)C=C1C. The van der Waals surface area contributed by atoms with E-state index in [4.69, 9.17) is 9.47 Å². The van der Waals surface area contributed by atoms with E-state index in [1.54, 1.807) is 13.0 Å². The van der Waals surface area contributed by atoms with E-state index >= 15 is 0 Å². The summed E-state index contributed by atoms with van der Waals surface area (Å²) in [7, 11) is 1.30. The zero-order valence-electron chi connectivity index (χ0n) is 9.07. The van der Waals surface area contributed by atoms with Gasteiger partial charge in [-0.15, -0.1) is 0 Å². The third-order valence-electron chi connectivity index (χ3n) is 1.95. The molecule has 0 spiro atoms. The van der Waals surface area contributed by atoms with Gasteiger partial charge in [-0.25, -0.2) is 4.79 Å². The maximum atomic E-state index is 10.8. The highest BCUT2D eigenvalue weighted by atomic mass is 16.7. The fraction of sp³-hybridized carbons (Fsp3) is 0.364. The molecule has 1 rings (SSSR count). The number of hydrogen-bond donors (Lipinski definition) is 0. The minimum atomic E-state index is -0.883. The molecule has 0 aromatic carbocycles. The Morgan fingerprint density at radius 3 is 2.80 bits per heavy atom. The highest BCUT2D eigenvalue weighted by Gasteiger charge is 2.31. The minimum absolute atomic E-state index is 0.476. The van der Waals surface area contributed by atoms with Gasteiger partial charge in [-0.3, -0.25) is 0 Å². The Labute approximate surface area is 88.8 Å². The lowest BCUT2D eigenvalue weighted by molar-refractivity contribution is -0.136. The van der Waals surface area contributed by atoms with Crippen LogP contribution in [0.25, 0.3) is 0 Å². The summed E-state index contributed by atoms with van der Waals surface area (Å²) >= 11 is 0. The third-order valence-corrected chi connectivity index (χ3v) is 1.95. The molecule has 0 saturated carbocycles. The van der Waals surface area contributed by atoms with Gasteiger partial charge in [0.2, 0.25) is 0 Å². The zero-order chi connectivity index (χ0) is 11.5. The molecule has 0 unspecified atom stereocenters. The Hall–Kier alpha value is -1.71. The second-order valence-electron chi connectivity index (χ2n) is 3.31. The molecule has 0 aliphatic carbocycles. The van der Waals surface area contributed by atoms with Crippen LogP contribution in [0.1, 0.15) is 13.8 Å². The molecular weight excluding hydrogens is 196 g/mol. The summed E-state index contributed by atoms with van der Waals surface area (Å²) in [5, 5.41) is 0. The van der Waals surface area contributed by atoms with Gasteiger partial charge in [0.05, 0.1) is 19.4 Å². The van der Waals surface area contributed by atoms with Gasteiger partial charge in [0, 0.05) is 13.0 Å². The van der Waals surface area contributed by atoms with Crippen molar-refractivity contribution in [1.29, 1.82) is 0 Å². The second kappa shape index (κ2) is 4.21. The number of ether oxygens (including phenoxy) is 3. The Kier molecular flexibility index (Phi) is 3.19. The first-order chi connectivity index (χ1) is 6.97. The molecule has 0 amide bonds. The van der Waals surface area contributed by atoms with E-state index in [1.807, 2.05) is 6.92 Å². The third kappa shape index (κ3) is 2.87. The molecule has 0 N–H and O–H groups in total. The Morgan fingerprint density at radius 2 is 2.33 bits per heavy atom. The molecule has 4 nitrogen and oxygen atoms in total. The van der Waals surface area contributed by atoms with Gasteiger partial charge in [0.15, 0.2) is 0 Å². The van der Waals surface area contributed by atoms with Crippen LogP contribution < -0.4 is 0 Å². The van der Waals surface area contributed by atoms with Crippen molar-refractivity contribution in [2.75, 3.05) is 7.11 Å². The predicted octanol–water partition coefficient (Wildman–Crippen LogP) is 1.90. The van der Waals surface area contributed by atoms with E-state index in [2.05, 4.69) is 11.3 Å². The van der Waals surface area contributed by atoms with E-state index in [0.29, 0.717) is 5.76 Å². The van der Waals surface area contributed by atoms with Crippen LogP contribution >= 0.6 is 0 Å². The molecule has 0 radical (unpaired) electrons. The summed E-state index contributed by atoms with van der Waals surface area (Å²) in [4.78, 5) is 10.8. The van der Waals surface area contributed by atoms with Crippen LogP contribution in [0.4, 0.5) is 0 Å². The van der Waals surface area contributed by atoms with Gasteiger partial charge in [0.25, 0.3) is 5.79 Å². The average molecular weight is 210 g/mol. The first kappa shape index (κ1) is 11.4. The van der Waals surface area contributed by atoms with Crippen molar-refractivity contribution in [2.45, 2.75) is 19.6 Å². The molecule has 1 aliphatic rings. The largest absolute Gasteiger partial charge is 0.466 e. The lowest BCUT2D eigenvalue weighted by Gasteiger charge is -2.21. The average Bonchev–Trinajstić information content (AvgIpc) is 2.41. The van der Waals surface area contributed by atoms with Crippen molar-refractivity contribution in [3.63, 3.8) is 0 Å². The molecule has 15 heavy (non-hydrogen) atoms. The summed E-state index contributed by atoms with van der Waals surface area (Å²) < 4.78 is 15.0. The van der Waals surface area contributed by atoms with Crippen LogP contribution in [-0.4, -0.2) is 18.9 Å².